The van der Waals surface area contributed by atoms with Gasteiger partial charge in [-0.05, 0) is 28.7 Å². The second kappa shape index (κ2) is 3.97. The number of halogens is 1. The Hall–Kier alpha value is -1.44. The molecule has 5 nitrogen and oxygen atoms in total. The highest BCUT2D eigenvalue weighted by molar-refractivity contribution is 14.1. The number of nitrogens with two attached hydrogens (primary N) is 1. The van der Waals surface area contributed by atoms with Crippen LogP contribution in [0.1, 0.15) is 0 Å². The van der Waals surface area contributed by atoms with Gasteiger partial charge in [0.1, 0.15) is 5.82 Å². The lowest BCUT2D eigenvalue weighted by Gasteiger charge is -2.02. The number of nitrogens with zero attached hydrogens (tertiary/aromatic N) is 2. The molecule has 0 aliphatic carbocycles. The molecule has 0 saturated heterocycles. The summed E-state index contributed by atoms with van der Waals surface area (Å²) in [6.45, 7) is 0. The first-order valence-corrected chi connectivity index (χ1v) is 5.23. The quantitative estimate of drug-likeness (QED) is 0.770. The van der Waals surface area contributed by atoms with Crippen molar-refractivity contribution >= 4 is 28.5 Å². The van der Waals surface area contributed by atoms with Crippen LogP contribution in [-0.2, 0) is 0 Å². The van der Waals surface area contributed by atoms with Crippen LogP contribution >= 0.6 is 22.6 Å². The molecule has 2 rings (SSSR count). The smallest absolute Gasteiger partial charge is 0.349 e. The Labute approximate surface area is 98.9 Å². The van der Waals surface area contributed by atoms with Gasteiger partial charge < -0.3 is 5.73 Å². The van der Waals surface area contributed by atoms with Gasteiger partial charge in [-0.15, -0.1) is 0 Å². The number of aromatic nitrogens is 3. The Bertz CT molecular complexity index is 552. The zero-order valence-electron chi connectivity index (χ0n) is 7.57. The van der Waals surface area contributed by atoms with E-state index in [1.54, 1.807) is 0 Å². The van der Waals surface area contributed by atoms with Crippen LogP contribution in [0.15, 0.2) is 29.1 Å². The molecule has 0 spiro atoms. The Morgan fingerprint density at radius 2 is 2.00 bits per heavy atom. The predicted molar refractivity (Wildman–Crippen MR) is 65.2 cm³/mol. The third-order valence-corrected chi connectivity index (χ3v) is 2.74. The summed E-state index contributed by atoms with van der Waals surface area (Å²) in [4.78, 5) is 21.1. The third kappa shape index (κ3) is 2.14. The molecule has 6 heteroatoms. The molecule has 1 aromatic carbocycles. The summed E-state index contributed by atoms with van der Waals surface area (Å²) in [5.74, 6) is 0.422. The van der Waals surface area contributed by atoms with E-state index in [0.717, 1.165) is 9.13 Å². The Kier molecular flexibility index (Phi) is 2.67. The average Bonchev–Trinajstić information content (AvgIpc) is 2.16. The van der Waals surface area contributed by atoms with Gasteiger partial charge in [-0.3, -0.25) is 4.98 Å². The largest absolute Gasteiger partial charge is 0.368 e. The fourth-order valence-corrected chi connectivity index (χ4v) is 1.82. The van der Waals surface area contributed by atoms with Crippen LogP contribution in [0.2, 0.25) is 0 Å². The summed E-state index contributed by atoms with van der Waals surface area (Å²) in [6.07, 6.45) is 0. The summed E-state index contributed by atoms with van der Waals surface area (Å²) in [5.41, 5.74) is 5.75. The minimum Gasteiger partial charge on any atom is -0.368 e. The number of anilines is 1. The van der Waals surface area contributed by atoms with E-state index >= 15 is 0 Å². The molecule has 0 radical (unpaired) electrons. The number of nitrogen functional groups attached to an aromatic ring is 1. The normalized spacial score (nSPS) is 10.2. The highest BCUT2D eigenvalue weighted by Gasteiger charge is 2.05. The van der Waals surface area contributed by atoms with Crippen molar-refractivity contribution in [2.75, 3.05) is 5.73 Å². The molecule has 76 valence electrons. The zero-order valence-corrected chi connectivity index (χ0v) is 9.72. The molecule has 2 aromatic rings. The fraction of sp³-hybridized carbons (Fsp3) is 0. The molecule has 3 N–H and O–H groups in total. The number of benzene rings is 1. The van der Waals surface area contributed by atoms with E-state index in [2.05, 4.69) is 37.5 Å². The highest BCUT2D eigenvalue weighted by Crippen LogP contribution is 2.20. The molecular weight excluding hydrogens is 307 g/mol. The summed E-state index contributed by atoms with van der Waals surface area (Å²) >= 11 is 2.16. The minimum atomic E-state index is -0.489. The molecule has 0 amide bonds. The van der Waals surface area contributed by atoms with Crippen LogP contribution in [0.3, 0.4) is 0 Å². The summed E-state index contributed by atoms with van der Waals surface area (Å²) < 4.78 is 0.990. The maximum atomic E-state index is 11.1. The van der Waals surface area contributed by atoms with E-state index in [0.29, 0.717) is 5.82 Å². The van der Waals surface area contributed by atoms with Crippen molar-refractivity contribution in [3.05, 3.63) is 38.3 Å². The lowest BCUT2D eigenvalue weighted by Crippen LogP contribution is -2.15. The molecule has 1 heterocycles. The van der Waals surface area contributed by atoms with Gasteiger partial charge in [-0.2, -0.15) is 9.97 Å². The molecule has 0 bridgehead atoms. The number of nitrogens with one attached hydrogen (secondary N) is 1. The van der Waals surface area contributed by atoms with Gasteiger partial charge in [0.2, 0.25) is 5.95 Å². The summed E-state index contributed by atoms with van der Waals surface area (Å²) in [6, 6.07) is 7.56. The molecule has 0 aliphatic heterocycles. The zero-order chi connectivity index (χ0) is 10.8. The Balaban J connectivity index is 2.64. The molecular formula is C9H7IN4O. The Morgan fingerprint density at radius 3 is 2.67 bits per heavy atom. The van der Waals surface area contributed by atoms with Gasteiger partial charge in [-0.25, -0.2) is 4.79 Å². The van der Waals surface area contributed by atoms with Gasteiger partial charge in [0.15, 0.2) is 0 Å². The van der Waals surface area contributed by atoms with Crippen LogP contribution in [0, 0.1) is 3.57 Å². The van der Waals surface area contributed by atoms with Crippen LogP contribution in [0.5, 0.6) is 0 Å². The molecule has 15 heavy (non-hydrogen) atoms. The SMILES string of the molecule is Nc1nc(-c2ccccc2I)[nH]c(=O)n1. The first-order valence-electron chi connectivity index (χ1n) is 4.15. The van der Waals surface area contributed by atoms with Crippen molar-refractivity contribution in [2.24, 2.45) is 0 Å². The van der Waals surface area contributed by atoms with Crippen molar-refractivity contribution in [2.45, 2.75) is 0 Å². The first kappa shape index (κ1) is 10.1. The highest BCUT2D eigenvalue weighted by atomic mass is 127. The molecule has 1 aromatic heterocycles. The van der Waals surface area contributed by atoms with Crippen molar-refractivity contribution in [3.8, 4) is 11.4 Å². The van der Waals surface area contributed by atoms with E-state index in [1.807, 2.05) is 24.3 Å². The number of hydrogen-bond acceptors (Lipinski definition) is 4. The maximum absolute atomic E-state index is 11.1. The summed E-state index contributed by atoms with van der Waals surface area (Å²) in [5, 5.41) is 0. The lowest BCUT2D eigenvalue weighted by molar-refractivity contribution is 1.01. The molecule has 0 fully saturated rings. The van der Waals surface area contributed by atoms with Gasteiger partial charge >= 0.3 is 5.69 Å². The van der Waals surface area contributed by atoms with Crippen molar-refractivity contribution in [3.63, 3.8) is 0 Å². The molecule has 0 atom stereocenters. The molecule has 0 saturated carbocycles. The monoisotopic (exact) mass is 314 g/mol. The fourth-order valence-electron chi connectivity index (χ4n) is 1.18. The second-order valence-corrected chi connectivity index (χ2v) is 4.00. The predicted octanol–water partition coefficient (Wildman–Crippen LogP) is 1.02. The summed E-state index contributed by atoms with van der Waals surface area (Å²) in [7, 11) is 0. The standard InChI is InChI=1S/C9H7IN4O/c10-6-4-2-1-3-5(6)7-12-8(11)14-9(15)13-7/h1-4H,(H3,11,12,13,14,15). The minimum absolute atomic E-state index is 0.0200. The number of rotatable bonds is 1. The lowest BCUT2D eigenvalue weighted by atomic mass is 10.2. The number of hydrogen-bond donors (Lipinski definition) is 2. The van der Waals surface area contributed by atoms with Gasteiger partial charge in [0.05, 0.1) is 0 Å². The van der Waals surface area contributed by atoms with Crippen LogP contribution in [-0.4, -0.2) is 15.0 Å². The first-order chi connectivity index (χ1) is 7.16. The molecule has 0 aliphatic rings. The van der Waals surface area contributed by atoms with Gasteiger partial charge in [0.25, 0.3) is 0 Å². The number of aromatic amines is 1. The Morgan fingerprint density at radius 1 is 1.27 bits per heavy atom. The van der Waals surface area contributed by atoms with E-state index in [1.165, 1.54) is 0 Å². The van der Waals surface area contributed by atoms with E-state index in [-0.39, 0.29) is 5.95 Å². The van der Waals surface area contributed by atoms with Gasteiger partial charge in [-0.1, -0.05) is 18.2 Å². The van der Waals surface area contributed by atoms with E-state index < -0.39 is 5.69 Å². The second-order valence-electron chi connectivity index (χ2n) is 2.84. The number of H-pyrrole nitrogens is 1. The van der Waals surface area contributed by atoms with E-state index in [9.17, 15) is 4.79 Å². The van der Waals surface area contributed by atoms with Crippen LogP contribution in [0.4, 0.5) is 5.95 Å². The van der Waals surface area contributed by atoms with Crippen LogP contribution < -0.4 is 11.4 Å². The van der Waals surface area contributed by atoms with Crippen LogP contribution in [0.25, 0.3) is 11.4 Å². The molecule has 0 unspecified atom stereocenters. The topological polar surface area (TPSA) is 84.7 Å². The average molecular weight is 314 g/mol. The maximum Gasteiger partial charge on any atom is 0.349 e. The van der Waals surface area contributed by atoms with Crippen molar-refractivity contribution in [1.29, 1.82) is 0 Å². The van der Waals surface area contributed by atoms with Gasteiger partial charge in [0, 0.05) is 9.13 Å². The van der Waals surface area contributed by atoms with Crippen molar-refractivity contribution in [1.82, 2.24) is 15.0 Å². The van der Waals surface area contributed by atoms with E-state index in [4.69, 9.17) is 5.73 Å². The third-order valence-electron chi connectivity index (χ3n) is 1.80. The van der Waals surface area contributed by atoms with Crippen molar-refractivity contribution < 1.29 is 0 Å².